The summed E-state index contributed by atoms with van der Waals surface area (Å²) in [6.45, 7) is 0.823. The number of hydrogen-bond acceptors (Lipinski definition) is 4. The quantitative estimate of drug-likeness (QED) is 0.717. The Hall–Kier alpha value is -2.25. The Morgan fingerprint density at radius 3 is 2.61 bits per heavy atom. The van der Waals surface area contributed by atoms with Crippen LogP contribution in [0.15, 0.2) is 48.7 Å². The minimum absolute atomic E-state index is 0.360. The molecule has 2 aromatic carbocycles. The Morgan fingerprint density at radius 1 is 1.13 bits per heavy atom. The first-order chi connectivity index (χ1) is 10.9. The molecule has 0 atom stereocenters. The van der Waals surface area contributed by atoms with Crippen LogP contribution in [0.1, 0.15) is 0 Å². The summed E-state index contributed by atoms with van der Waals surface area (Å²) < 4.78 is 25.7. The van der Waals surface area contributed by atoms with Gasteiger partial charge in [0, 0.05) is 19.2 Å². The fourth-order valence-corrected chi connectivity index (χ4v) is 2.71. The number of likely N-dealkylation sites (N-methyl/N-ethyl adjacent to an activating group) is 1. The molecule has 0 saturated heterocycles. The molecule has 3 rings (SSSR count). The summed E-state index contributed by atoms with van der Waals surface area (Å²) in [5.41, 5.74) is 1.77. The van der Waals surface area contributed by atoms with E-state index < -0.39 is 10.0 Å². The summed E-state index contributed by atoms with van der Waals surface area (Å²) in [5.74, 6) is 0. The second-order valence-corrected chi connectivity index (χ2v) is 7.60. The van der Waals surface area contributed by atoms with E-state index in [4.69, 9.17) is 0 Å². The molecule has 120 valence electrons. The summed E-state index contributed by atoms with van der Waals surface area (Å²) in [6, 6.07) is 14.3. The highest BCUT2D eigenvalue weighted by atomic mass is 32.2. The lowest BCUT2D eigenvalue weighted by molar-refractivity contribution is 0.432. The lowest BCUT2D eigenvalue weighted by atomic mass is 10.1. The van der Waals surface area contributed by atoms with Crippen molar-refractivity contribution in [2.24, 2.45) is 0 Å². The molecule has 1 heterocycles. The van der Waals surface area contributed by atoms with Crippen molar-refractivity contribution in [2.75, 3.05) is 19.8 Å². The van der Waals surface area contributed by atoms with Gasteiger partial charge in [-0.1, -0.05) is 41.6 Å². The van der Waals surface area contributed by atoms with Crippen LogP contribution in [0.25, 0.3) is 22.0 Å². The second kappa shape index (κ2) is 6.10. The van der Waals surface area contributed by atoms with Gasteiger partial charge in [0.1, 0.15) is 5.69 Å². The third-order valence-corrected chi connectivity index (χ3v) is 5.11. The summed E-state index contributed by atoms with van der Waals surface area (Å²) in [5, 5.41) is 10.6. The van der Waals surface area contributed by atoms with E-state index in [9.17, 15) is 8.42 Å². The van der Waals surface area contributed by atoms with Crippen molar-refractivity contribution >= 4 is 20.8 Å². The fourth-order valence-electron chi connectivity index (χ4n) is 2.30. The van der Waals surface area contributed by atoms with Crippen LogP contribution in [-0.4, -0.2) is 47.6 Å². The first kappa shape index (κ1) is 15.6. The number of rotatable bonds is 5. The molecule has 0 radical (unpaired) electrons. The van der Waals surface area contributed by atoms with E-state index in [-0.39, 0.29) is 0 Å². The number of fused-ring (bicyclic) bond motifs is 1. The summed E-state index contributed by atoms with van der Waals surface area (Å²) in [7, 11) is -1.62. The molecule has 7 heteroatoms. The van der Waals surface area contributed by atoms with Gasteiger partial charge in [-0.2, -0.15) is 0 Å². The number of hydrogen-bond donors (Lipinski definition) is 0. The largest absolute Gasteiger partial charge is 0.251 e. The third-order valence-electron chi connectivity index (χ3n) is 3.79. The molecule has 1 aromatic heterocycles. The molecule has 0 amide bonds. The zero-order valence-electron chi connectivity index (χ0n) is 13.0. The Kier molecular flexibility index (Phi) is 4.14. The number of sulfonamides is 1. The van der Waals surface area contributed by atoms with Crippen molar-refractivity contribution in [1.29, 1.82) is 0 Å². The zero-order chi connectivity index (χ0) is 16.4. The Labute approximate surface area is 135 Å². The van der Waals surface area contributed by atoms with E-state index in [0.29, 0.717) is 13.1 Å². The molecular weight excluding hydrogens is 312 g/mol. The third kappa shape index (κ3) is 3.57. The average molecular weight is 330 g/mol. The van der Waals surface area contributed by atoms with Crippen molar-refractivity contribution in [3.8, 4) is 11.3 Å². The van der Waals surface area contributed by atoms with Crippen LogP contribution < -0.4 is 0 Å². The lowest BCUT2D eigenvalue weighted by Crippen LogP contribution is -2.29. The first-order valence-electron chi connectivity index (χ1n) is 7.24. The molecule has 0 saturated carbocycles. The maximum atomic E-state index is 11.4. The maximum absolute atomic E-state index is 11.4. The van der Waals surface area contributed by atoms with Gasteiger partial charge in [0.25, 0.3) is 0 Å². The fraction of sp³-hybridized carbons (Fsp3) is 0.250. The van der Waals surface area contributed by atoms with Crippen LogP contribution in [0.3, 0.4) is 0 Å². The van der Waals surface area contributed by atoms with Crippen molar-refractivity contribution in [1.82, 2.24) is 19.3 Å². The van der Waals surface area contributed by atoms with Crippen LogP contribution >= 0.6 is 0 Å². The van der Waals surface area contributed by atoms with E-state index >= 15 is 0 Å². The lowest BCUT2D eigenvalue weighted by Gasteiger charge is -2.12. The van der Waals surface area contributed by atoms with Crippen LogP contribution in [0.4, 0.5) is 0 Å². The van der Waals surface area contributed by atoms with Crippen molar-refractivity contribution in [2.45, 2.75) is 6.54 Å². The Bertz CT molecular complexity index is 934. The van der Waals surface area contributed by atoms with Crippen LogP contribution in [0, 0.1) is 0 Å². The van der Waals surface area contributed by atoms with Gasteiger partial charge in [0.05, 0.1) is 19.0 Å². The minimum Gasteiger partial charge on any atom is -0.251 e. The monoisotopic (exact) mass is 330 g/mol. The average Bonchev–Trinajstić information content (AvgIpc) is 3.00. The second-order valence-electron chi connectivity index (χ2n) is 5.51. The Balaban J connectivity index is 1.78. The number of nitrogens with zero attached hydrogens (tertiary/aromatic N) is 4. The molecule has 6 nitrogen and oxygen atoms in total. The molecule has 0 unspecified atom stereocenters. The van der Waals surface area contributed by atoms with Crippen LogP contribution in [0.2, 0.25) is 0 Å². The van der Waals surface area contributed by atoms with Gasteiger partial charge in [0.15, 0.2) is 0 Å². The van der Waals surface area contributed by atoms with E-state index in [1.165, 1.54) is 15.9 Å². The highest BCUT2D eigenvalue weighted by Gasteiger charge is 2.11. The van der Waals surface area contributed by atoms with Gasteiger partial charge in [-0.15, -0.1) is 5.10 Å². The first-order valence-corrected chi connectivity index (χ1v) is 9.09. The van der Waals surface area contributed by atoms with E-state index in [1.54, 1.807) is 11.7 Å². The van der Waals surface area contributed by atoms with Crippen molar-refractivity contribution in [3.63, 3.8) is 0 Å². The summed E-state index contributed by atoms with van der Waals surface area (Å²) >= 11 is 0. The number of benzene rings is 2. The smallest absolute Gasteiger partial charge is 0.211 e. The van der Waals surface area contributed by atoms with Crippen molar-refractivity contribution in [3.05, 3.63) is 48.7 Å². The number of aromatic nitrogens is 3. The minimum atomic E-state index is -3.17. The van der Waals surface area contributed by atoms with Gasteiger partial charge >= 0.3 is 0 Å². The molecule has 0 spiro atoms. The van der Waals surface area contributed by atoms with Crippen LogP contribution in [0.5, 0.6) is 0 Å². The predicted molar refractivity (Wildman–Crippen MR) is 90.4 cm³/mol. The normalized spacial score (nSPS) is 12.1. The van der Waals surface area contributed by atoms with Crippen molar-refractivity contribution < 1.29 is 8.42 Å². The van der Waals surface area contributed by atoms with Gasteiger partial charge in [-0.05, 0) is 16.8 Å². The zero-order valence-corrected chi connectivity index (χ0v) is 13.9. The van der Waals surface area contributed by atoms with Gasteiger partial charge in [0.2, 0.25) is 10.0 Å². The highest BCUT2D eigenvalue weighted by Crippen LogP contribution is 2.22. The molecule has 0 aliphatic heterocycles. The molecule has 0 bridgehead atoms. The van der Waals surface area contributed by atoms with Crippen LogP contribution in [-0.2, 0) is 16.6 Å². The van der Waals surface area contributed by atoms with E-state index in [0.717, 1.165) is 16.6 Å². The standard InChI is InChI=1S/C16H18N4O2S/c1-19(23(2,21)22)9-10-20-12-16(17-18-20)15-8-7-13-5-3-4-6-14(13)11-15/h3-8,11-12H,9-10H2,1-2H3. The van der Waals surface area contributed by atoms with Gasteiger partial charge < -0.3 is 0 Å². The van der Waals surface area contributed by atoms with Gasteiger partial charge in [-0.3, -0.25) is 4.68 Å². The predicted octanol–water partition coefficient (Wildman–Crippen LogP) is 1.99. The molecular formula is C16H18N4O2S. The van der Waals surface area contributed by atoms with Gasteiger partial charge in [-0.25, -0.2) is 12.7 Å². The Morgan fingerprint density at radius 2 is 1.87 bits per heavy atom. The molecule has 0 aliphatic rings. The summed E-state index contributed by atoms with van der Waals surface area (Å²) in [6.07, 6.45) is 3.02. The molecule has 0 N–H and O–H groups in total. The maximum Gasteiger partial charge on any atom is 0.211 e. The molecule has 0 aliphatic carbocycles. The summed E-state index contributed by atoms with van der Waals surface area (Å²) in [4.78, 5) is 0. The highest BCUT2D eigenvalue weighted by molar-refractivity contribution is 7.88. The molecule has 3 aromatic rings. The van der Waals surface area contributed by atoms with E-state index in [1.807, 2.05) is 24.4 Å². The molecule has 23 heavy (non-hydrogen) atoms. The molecule has 0 fully saturated rings. The van der Waals surface area contributed by atoms with E-state index in [2.05, 4.69) is 34.6 Å². The SMILES string of the molecule is CN(CCn1cc(-c2ccc3ccccc3c2)nn1)S(C)(=O)=O. The topological polar surface area (TPSA) is 68.1 Å².